The molecule has 0 aromatic heterocycles. The number of carbonyl (C=O) groups is 1. The summed E-state index contributed by atoms with van der Waals surface area (Å²) >= 11 is 0. The van der Waals surface area contributed by atoms with Gasteiger partial charge in [-0.15, -0.1) is 0 Å². The van der Waals surface area contributed by atoms with E-state index in [1.54, 1.807) is 24.3 Å². The molecule has 0 saturated heterocycles. The van der Waals surface area contributed by atoms with Crippen molar-refractivity contribution in [1.82, 2.24) is 0 Å². The number of ether oxygens (including phenoxy) is 1. The molecule has 108 valence electrons. The minimum Gasteiger partial charge on any atom is -0.508 e. The topological polar surface area (TPSA) is 87.1 Å². The number of aromatic hydroxyl groups is 2. The maximum absolute atomic E-state index is 12.4. The average molecular weight is 305 g/mol. The van der Waals surface area contributed by atoms with Gasteiger partial charge < -0.3 is 14.9 Å². The smallest absolute Gasteiger partial charge is 0.272 e. The van der Waals surface area contributed by atoms with Crippen molar-refractivity contribution in [2.24, 2.45) is 0 Å². The van der Waals surface area contributed by atoms with Gasteiger partial charge in [0.1, 0.15) is 22.1 Å². The highest BCUT2D eigenvalue weighted by Crippen LogP contribution is 2.39. The van der Waals surface area contributed by atoms with E-state index in [1.165, 1.54) is 13.2 Å². The SMILES string of the molecule is COc1ccc(N2C(=O)c3cc(O)cc(O)c3S2=O)cc1. The van der Waals surface area contributed by atoms with Gasteiger partial charge in [-0.1, -0.05) is 0 Å². The van der Waals surface area contributed by atoms with Gasteiger partial charge in [-0.3, -0.25) is 4.79 Å². The van der Waals surface area contributed by atoms with Crippen LogP contribution in [0.2, 0.25) is 0 Å². The van der Waals surface area contributed by atoms with Crippen LogP contribution in [0.4, 0.5) is 5.69 Å². The number of benzene rings is 2. The zero-order valence-electron chi connectivity index (χ0n) is 10.9. The molecule has 1 aliphatic heterocycles. The van der Waals surface area contributed by atoms with Gasteiger partial charge in [-0.2, -0.15) is 0 Å². The number of phenolic OH excluding ortho intramolecular Hbond substituents is 2. The van der Waals surface area contributed by atoms with E-state index in [0.29, 0.717) is 11.4 Å². The summed E-state index contributed by atoms with van der Waals surface area (Å²) in [5, 5.41) is 19.3. The second kappa shape index (κ2) is 4.78. The van der Waals surface area contributed by atoms with E-state index in [-0.39, 0.29) is 22.0 Å². The third-order valence-electron chi connectivity index (χ3n) is 3.12. The lowest BCUT2D eigenvalue weighted by Crippen LogP contribution is -2.25. The number of anilines is 1. The first kappa shape index (κ1) is 13.4. The number of fused-ring (bicyclic) bond motifs is 1. The van der Waals surface area contributed by atoms with Crippen LogP contribution < -0.4 is 9.04 Å². The van der Waals surface area contributed by atoms with Crippen LogP contribution in [-0.2, 0) is 11.0 Å². The van der Waals surface area contributed by atoms with E-state index < -0.39 is 16.9 Å². The molecule has 3 rings (SSSR count). The summed E-state index contributed by atoms with van der Waals surface area (Å²) in [7, 11) is -0.344. The maximum atomic E-state index is 12.4. The molecule has 0 fully saturated rings. The number of hydrogen-bond donors (Lipinski definition) is 2. The minimum atomic E-state index is -1.86. The molecule has 1 atom stereocenters. The van der Waals surface area contributed by atoms with Crippen LogP contribution in [0.15, 0.2) is 41.3 Å². The standard InChI is InChI=1S/C14H11NO5S/c1-20-10-4-2-8(3-5-10)15-14(18)11-6-9(16)7-12(17)13(11)21(15)19/h2-7,16-17H,1H3. The Morgan fingerprint density at radius 1 is 1.14 bits per heavy atom. The first-order chi connectivity index (χ1) is 10.0. The van der Waals surface area contributed by atoms with Gasteiger partial charge in [0.05, 0.1) is 18.4 Å². The summed E-state index contributed by atoms with van der Waals surface area (Å²) < 4.78 is 18.5. The van der Waals surface area contributed by atoms with Crippen molar-refractivity contribution >= 4 is 22.6 Å². The van der Waals surface area contributed by atoms with Crippen molar-refractivity contribution in [2.45, 2.75) is 4.90 Å². The molecule has 0 saturated carbocycles. The number of nitrogens with zero attached hydrogens (tertiary/aromatic N) is 1. The molecule has 7 heteroatoms. The predicted molar refractivity (Wildman–Crippen MR) is 76.0 cm³/mol. The van der Waals surface area contributed by atoms with Gasteiger partial charge in [0.25, 0.3) is 5.91 Å². The fourth-order valence-electron chi connectivity index (χ4n) is 2.15. The van der Waals surface area contributed by atoms with E-state index in [9.17, 15) is 19.2 Å². The molecule has 2 N–H and O–H groups in total. The van der Waals surface area contributed by atoms with E-state index in [0.717, 1.165) is 10.4 Å². The van der Waals surface area contributed by atoms with Gasteiger partial charge in [0.2, 0.25) is 0 Å². The number of amides is 1. The first-order valence-corrected chi connectivity index (χ1v) is 7.10. The Bertz CT molecular complexity index is 757. The zero-order chi connectivity index (χ0) is 15.1. The second-order valence-electron chi connectivity index (χ2n) is 4.39. The molecule has 0 radical (unpaired) electrons. The molecular weight excluding hydrogens is 294 g/mol. The lowest BCUT2D eigenvalue weighted by atomic mass is 10.2. The molecule has 0 spiro atoms. The van der Waals surface area contributed by atoms with Crippen LogP contribution in [-0.4, -0.2) is 27.4 Å². The third-order valence-corrected chi connectivity index (χ3v) is 4.60. The molecule has 1 amide bonds. The molecule has 0 bridgehead atoms. The quantitative estimate of drug-likeness (QED) is 0.883. The summed E-state index contributed by atoms with van der Waals surface area (Å²) in [5.41, 5.74) is 0.441. The summed E-state index contributed by atoms with van der Waals surface area (Å²) in [4.78, 5) is 12.4. The van der Waals surface area contributed by atoms with Crippen LogP contribution in [0, 0.1) is 0 Å². The van der Waals surface area contributed by atoms with Crippen LogP contribution in [0.5, 0.6) is 17.2 Å². The van der Waals surface area contributed by atoms with E-state index in [4.69, 9.17) is 4.74 Å². The molecule has 0 aliphatic carbocycles. The van der Waals surface area contributed by atoms with Gasteiger partial charge in [0.15, 0.2) is 11.0 Å². The summed E-state index contributed by atoms with van der Waals surface area (Å²) in [6.45, 7) is 0. The van der Waals surface area contributed by atoms with Crippen molar-refractivity contribution < 1.29 is 24.0 Å². The molecule has 2 aromatic carbocycles. The number of rotatable bonds is 2. The molecule has 1 heterocycles. The average Bonchev–Trinajstić information content (AvgIpc) is 2.71. The Labute approximate surface area is 122 Å². The maximum Gasteiger partial charge on any atom is 0.272 e. The van der Waals surface area contributed by atoms with Crippen molar-refractivity contribution in [3.63, 3.8) is 0 Å². The van der Waals surface area contributed by atoms with Gasteiger partial charge in [-0.05, 0) is 30.3 Å². The number of methoxy groups -OCH3 is 1. The number of phenols is 2. The van der Waals surface area contributed by atoms with Crippen LogP contribution >= 0.6 is 0 Å². The summed E-state index contributed by atoms with van der Waals surface area (Å²) in [6.07, 6.45) is 0. The lowest BCUT2D eigenvalue weighted by Gasteiger charge is -2.14. The Balaban J connectivity index is 2.08. The van der Waals surface area contributed by atoms with Crippen LogP contribution in [0.25, 0.3) is 0 Å². The lowest BCUT2D eigenvalue weighted by molar-refractivity contribution is 0.101. The third kappa shape index (κ3) is 2.02. The minimum absolute atomic E-state index is 0.00798. The zero-order valence-corrected chi connectivity index (χ0v) is 11.8. The molecule has 1 unspecified atom stereocenters. The van der Waals surface area contributed by atoms with E-state index >= 15 is 0 Å². The van der Waals surface area contributed by atoms with Gasteiger partial charge in [0, 0.05) is 6.07 Å². The van der Waals surface area contributed by atoms with Crippen molar-refractivity contribution in [3.05, 3.63) is 42.0 Å². The van der Waals surface area contributed by atoms with Gasteiger partial charge in [-0.25, -0.2) is 8.51 Å². The molecule has 2 aromatic rings. The largest absolute Gasteiger partial charge is 0.508 e. The number of carbonyl (C=O) groups excluding carboxylic acids is 1. The highest BCUT2D eigenvalue weighted by molar-refractivity contribution is 7.88. The van der Waals surface area contributed by atoms with E-state index in [1.807, 2.05) is 0 Å². The fraction of sp³-hybridized carbons (Fsp3) is 0.0714. The normalized spacial score (nSPS) is 16.9. The summed E-state index contributed by atoms with van der Waals surface area (Å²) in [6, 6.07) is 8.72. The number of hydrogen-bond acceptors (Lipinski definition) is 5. The van der Waals surface area contributed by atoms with Gasteiger partial charge >= 0.3 is 0 Å². The Morgan fingerprint density at radius 2 is 1.81 bits per heavy atom. The monoisotopic (exact) mass is 305 g/mol. The summed E-state index contributed by atoms with van der Waals surface area (Å²) in [5.74, 6) is -0.560. The highest BCUT2D eigenvalue weighted by atomic mass is 32.2. The Kier molecular flexibility index (Phi) is 3.06. The molecular formula is C14H11NO5S. The first-order valence-electron chi connectivity index (χ1n) is 5.99. The Hall–Kier alpha value is -2.54. The van der Waals surface area contributed by atoms with Crippen molar-refractivity contribution in [1.29, 1.82) is 0 Å². The molecule has 1 aliphatic rings. The predicted octanol–water partition coefficient (Wildman–Crippen LogP) is 1.79. The van der Waals surface area contributed by atoms with Crippen LogP contribution in [0.1, 0.15) is 10.4 Å². The molecule has 21 heavy (non-hydrogen) atoms. The Morgan fingerprint density at radius 3 is 2.43 bits per heavy atom. The highest BCUT2D eigenvalue weighted by Gasteiger charge is 2.38. The van der Waals surface area contributed by atoms with E-state index in [2.05, 4.69) is 0 Å². The van der Waals surface area contributed by atoms with Crippen molar-refractivity contribution in [3.8, 4) is 17.2 Å². The molecule has 6 nitrogen and oxygen atoms in total. The fourth-order valence-corrected chi connectivity index (χ4v) is 3.46. The van der Waals surface area contributed by atoms with Crippen molar-refractivity contribution in [2.75, 3.05) is 11.4 Å². The van der Waals surface area contributed by atoms with Crippen LogP contribution in [0.3, 0.4) is 0 Å². The second-order valence-corrected chi connectivity index (χ2v) is 5.66.